The fraction of sp³-hybridized carbons (Fsp3) is 0.579. The molecule has 0 saturated heterocycles. The predicted molar refractivity (Wildman–Crippen MR) is 93.6 cm³/mol. The lowest BCUT2D eigenvalue weighted by Gasteiger charge is -2.20. The van der Waals surface area contributed by atoms with Gasteiger partial charge in [-0.2, -0.15) is 4.39 Å². The Morgan fingerprint density at radius 2 is 1.89 bits per heavy atom. The molecule has 150 valence electrons. The number of nitrogens with two attached hydrogens (primary N) is 1. The maximum Gasteiger partial charge on any atom is 0.223 e. The zero-order chi connectivity index (χ0) is 19.8. The van der Waals surface area contributed by atoms with E-state index >= 15 is 0 Å². The average molecular weight is 386 g/mol. The third-order valence-corrected chi connectivity index (χ3v) is 4.71. The number of benzene rings is 1. The van der Waals surface area contributed by atoms with Gasteiger partial charge in [0.25, 0.3) is 0 Å². The lowest BCUT2D eigenvalue weighted by Crippen LogP contribution is -2.45. The Labute approximate surface area is 156 Å². The SMILES string of the molecule is NCCCCC(NC(=O)C1CCCC1)C(=O)COc1cc(F)cc(F)c1F. The van der Waals surface area contributed by atoms with E-state index in [1.54, 1.807) is 0 Å². The molecule has 2 rings (SSSR count). The Kier molecular flexibility index (Phi) is 8.09. The van der Waals surface area contributed by atoms with Crippen molar-refractivity contribution in [2.75, 3.05) is 13.2 Å². The van der Waals surface area contributed by atoms with E-state index in [0.29, 0.717) is 37.9 Å². The van der Waals surface area contributed by atoms with E-state index in [0.717, 1.165) is 25.7 Å². The highest BCUT2D eigenvalue weighted by Crippen LogP contribution is 2.25. The second kappa shape index (κ2) is 10.3. The molecule has 0 aromatic heterocycles. The Bertz CT molecular complexity index is 664. The molecule has 0 aliphatic heterocycles. The number of nitrogens with one attached hydrogen (secondary N) is 1. The molecule has 1 aromatic carbocycles. The first-order valence-corrected chi connectivity index (χ1v) is 9.23. The van der Waals surface area contributed by atoms with Crippen molar-refractivity contribution >= 4 is 11.7 Å². The first-order chi connectivity index (χ1) is 12.9. The maximum absolute atomic E-state index is 13.6. The normalized spacial score (nSPS) is 15.6. The third kappa shape index (κ3) is 6.23. The van der Waals surface area contributed by atoms with Crippen molar-refractivity contribution in [3.05, 3.63) is 29.6 Å². The van der Waals surface area contributed by atoms with Crippen molar-refractivity contribution in [2.24, 2.45) is 11.7 Å². The highest BCUT2D eigenvalue weighted by molar-refractivity contribution is 5.90. The third-order valence-electron chi connectivity index (χ3n) is 4.71. The molecule has 1 amide bonds. The average Bonchev–Trinajstić information content (AvgIpc) is 3.17. The predicted octanol–water partition coefficient (Wildman–Crippen LogP) is 2.86. The molecule has 1 aliphatic carbocycles. The van der Waals surface area contributed by atoms with Crippen molar-refractivity contribution in [1.29, 1.82) is 0 Å². The standard InChI is InChI=1S/C19H25F3N2O3/c20-13-9-14(21)18(22)17(10-13)27-11-16(25)15(7-3-4-8-23)24-19(26)12-5-1-2-6-12/h9-10,12,15H,1-8,11,23H2,(H,24,26). The molecule has 5 nitrogen and oxygen atoms in total. The molecule has 1 unspecified atom stereocenters. The number of hydrogen-bond acceptors (Lipinski definition) is 4. The van der Waals surface area contributed by atoms with Crippen LogP contribution in [0.25, 0.3) is 0 Å². The smallest absolute Gasteiger partial charge is 0.223 e. The van der Waals surface area contributed by atoms with Crippen LogP contribution in [0.1, 0.15) is 44.9 Å². The number of ether oxygens (including phenoxy) is 1. The van der Waals surface area contributed by atoms with Crippen LogP contribution in [0.3, 0.4) is 0 Å². The summed E-state index contributed by atoms with van der Waals surface area (Å²) in [7, 11) is 0. The monoisotopic (exact) mass is 386 g/mol. The van der Waals surface area contributed by atoms with Crippen molar-refractivity contribution < 1.29 is 27.5 Å². The van der Waals surface area contributed by atoms with Crippen LogP contribution in [0.15, 0.2) is 12.1 Å². The number of carbonyl (C=O) groups is 2. The van der Waals surface area contributed by atoms with E-state index < -0.39 is 41.6 Å². The number of hydrogen-bond donors (Lipinski definition) is 2. The van der Waals surface area contributed by atoms with Gasteiger partial charge in [0, 0.05) is 18.1 Å². The number of unbranched alkanes of at least 4 members (excludes halogenated alkanes) is 1. The van der Waals surface area contributed by atoms with Gasteiger partial charge in [-0.05, 0) is 38.6 Å². The molecule has 0 radical (unpaired) electrons. The molecule has 1 fully saturated rings. The van der Waals surface area contributed by atoms with E-state index in [-0.39, 0.29) is 11.8 Å². The zero-order valence-electron chi connectivity index (χ0n) is 15.1. The highest BCUT2D eigenvalue weighted by Gasteiger charge is 2.27. The molecule has 1 saturated carbocycles. The summed E-state index contributed by atoms with van der Waals surface area (Å²) in [4.78, 5) is 24.8. The number of rotatable bonds is 10. The van der Waals surface area contributed by atoms with Gasteiger partial charge in [0.15, 0.2) is 17.3 Å². The second-order valence-corrected chi connectivity index (χ2v) is 6.78. The molecule has 1 atom stereocenters. The van der Waals surface area contributed by atoms with E-state index in [2.05, 4.69) is 5.32 Å². The van der Waals surface area contributed by atoms with Crippen molar-refractivity contribution in [1.82, 2.24) is 5.32 Å². The van der Waals surface area contributed by atoms with Crippen LogP contribution in [-0.4, -0.2) is 30.9 Å². The van der Waals surface area contributed by atoms with Crippen LogP contribution in [-0.2, 0) is 9.59 Å². The van der Waals surface area contributed by atoms with Gasteiger partial charge in [-0.3, -0.25) is 9.59 Å². The van der Waals surface area contributed by atoms with Crippen molar-refractivity contribution in [2.45, 2.75) is 51.0 Å². The lowest BCUT2D eigenvalue weighted by atomic mass is 10.0. The molecule has 1 aromatic rings. The largest absolute Gasteiger partial charge is 0.482 e. The summed E-state index contributed by atoms with van der Waals surface area (Å²) in [6, 6.07) is 0.263. The number of ketones is 1. The highest BCUT2D eigenvalue weighted by atomic mass is 19.2. The molecule has 0 bridgehead atoms. The summed E-state index contributed by atoms with van der Waals surface area (Å²) >= 11 is 0. The van der Waals surface area contributed by atoms with E-state index in [9.17, 15) is 22.8 Å². The summed E-state index contributed by atoms with van der Waals surface area (Å²) < 4.78 is 45.0. The summed E-state index contributed by atoms with van der Waals surface area (Å²) in [6.07, 6.45) is 5.24. The molecule has 8 heteroatoms. The van der Waals surface area contributed by atoms with Crippen molar-refractivity contribution in [3.63, 3.8) is 0 Å². The summed E-state index contributed by atoms with van der Waals surface area (Å²) in [5.74, 6) is -5.21. The molecule has 3 N–H and O–H groups in total. The van der Waals surface area contributed by atoms with Gasteiger partial charge in [-0.1, -0.05) is 12.8 Å². The number of amides is 1. The van der Waals surface area contributed by atoms with Crippen LogP contribution >= 0.6 is 0 Å². The second-order valence-electron chi connectivity index (χ2n) is 6.78. The summed E-state index contributed by atoms with van der Waals surface area (Å²) in [5.41, 5.74) is 5.46. The van der Waals surface area contributed by atoms with Crippen LogP contribution in [0.5, 0.6) is 5.75 Å². The quantitative estimate of drug-likeness (QED) is 0.479. The number of Topliss-reactive ketones (excluding diaryl/α,β-unsaturated/α-hetero) is 1. The minimum Gasteiger partial charge on any atom is -0.482 e. The lowest BCUT2D eigenvalue weighted by molar-refractivity contribution is -0.131. The molecule has 1 aliphatic rings. The van der Waals surface area contributed by atoms with Gasteiger partial charge in [-0.15, -0.1) is 0 Å². The zero-order valence-corrected chi connectivity index (χ0v) is 15.1. The van der Waals surface area contributed by atoms with Gasteiger partial charge in [0.2, 0.25) is 11.7 Å². The van der Waals surface area contributed by atoms with Gasteiger partial charge in [0.1, 0.15) is 12.4 Å². The van der Waals surface area contributed by atoms with Gasteiger partial charge in [-0.25, -0.2) is 8.78 Å². The molecule has 0 heterocycles. The Balaban J connectivity index is 1.98. The molecular weight excluding hydrogens is 361 g/mol. The minimum atomic E-state index is -1.40. The fourth-order valence-corrected chi connectivity index (χ4v) is 3.17. The summed E-state index contributed by atoms with van der Waals surface area (Å²) in [5, 5.41) is 2.74. The van der Waals surface area contributed by atoms with Crippen LogP contribution in [0.4, 0.5) is 13.2 Å². The van der Waals surface area contributed by atoms with Gasteiger partial charge >= 0.3 is 0 Å². The van der Waals surface area contributed by atoms with Crippen LogP contribution < -0.4 is 15.8 Å². The molecule has 0 spiro atoms. The van der Waals surface area contributed by atoms with Crippen LogP contribution in [0, 0.1) is 23.4 Å². The minimum absolute atomic E-state index is 0.106. The van der Waals surface area contributed by atoms with Gasteiger partial charge in [0.05, 0.1) is 6.04 Å². The topological polar surface area (TPSA) is 81.4 Å². The Hall–Kier alpha value is -2.09. The van der Waals surface area contributed by atoms with E-state index in [1.165, 1.54) is 0 Å². The van der Waals surface area contributed by atoms with E-state index in [4.69, 9.17) is 10.5 Å². The van der Waals surface area contributed by atoms with Crippen molar-refractivity contribution in [3.8, 4) is 5.75 Å². The van der Waals surface area contributed by atoms with Crippen LogP contribution in [0.2, 0.25) is 0 Å². The fourth-order valence-electron chi connectivity index (χ4n) is 3.17. The molecular formula is C19H25F3N2O3. The van der Waals surface area contributed by atoms with Gasteiger partial charge < -0.3 is 15.8 Å². The Morgan fingerprint density at radius 1 is 1.19 bits per heavy atom. The summed E-state index contributed by atoms with van der Waals surface area (Å²) in [6.45, 7) is -0.139. The first-order valence-electron chi connectivity index (χ1n) is 9.23. The first kappa shape index (κ1) is 21.2. The van der Waals surface area contributed by atoms with E-state index in [1.807, 2.05) is 0 Å². The number of carbonyl (C=O) groups excluding carboxylic acids is 2. The number of halogens is 3. The molecule has 27 heavy (non-hydrogen) atoms. The Morgan fingerprint density at radius 3 is 2.56 bits per heavy atom. The maximum atomic E-state index is 13.6.